The van der Waals surface area contributed by atoms with Crippen LogP contribution in [0.25, 0.3) is 0 Å². The van der Waals surface area contributed by atoms with Gasteiger partial charge in [0.1, 0.15) is 5.03 Å². The normalized spacial score (nSPS) is 17.0. The van der Waals surface area contributed by atoms with E-state index in [4.69, 9.17) is 21.4 Å². The van der Waals surface area contributed by atoms with Crippen molar-refractivity contribution in [1.29, 1.82) is 0 Å². The van der Waals surface area contributed by atoms with Crippen molar-refractivity contribution in [2.45, 2.75) is 13.3 Å². The van der Waals surface area contributed by atoms with E-state index in [-0.39, 0.29) is 16.9 Å². The molecular formula is C7H10ClN2O2. The van der Waals surface area contributed by atoms with Gasteiger partial charge in [-0.2, -0.15) is 4.99 Å². The molecule has 2 N–H and O–H groups in total. The van der Waals surface area contributed by atoms with E-state index in [1.165, 1.54) is 6.54 Å². The van der Waals surface area contributed by atoms with Crippen molar-refractivity contribution in [2.24, 2.45) is 4.99 Å². The topological polar surface area (TPSA) is 53.9 Å². The Balaban J connectivity index is 2.51. The molecule has 0 aromatic rings. The molecule has 1 radical (unpaired) electrons. The van der Waals surface area contributed by atoms with Crippen molar-refractivity contribution in [3.05, 3.63) is 17.5 Å². The van der Waals surface area contributed by atoms with Crippen LogP contribution in [-0.2, 0) is 4.74 Å². The van der Waals surface area contributed by atoms with E-state index in [2.05, 4.69) is 10.3 Å². The van der Waals surface area contributed by atoms with E-state index in [0.29, 0.717) is 6.61 Å². The molecule has 4 nitrogen and oxygen atoms in total. The molecule has 1 aliphatic rings. The lowest BCUT2D eigenvalue weighted by atomic mass is 10.5. The van der Waals surface area contributed by atoms with Crippen LogP contribution in [0, 0.1) is 6.54 Å². The molecule has 0 fully saturated rings. The third-order valence-electron chi connectivity index (χ3n) is 1.19. The number of nitrogens with zero attached hydrogens (tertiary/aromatic N) is 1. The Morgan fingerprint density at radius 1 is 1.75 bits per heavy atom. The highest BCUT2D eigenvalue weighted by atomic mass is 35.5. The number of ether oxygens (including phenoxy) is 1. The fourth-order valence-corrected chi connectivity index (χ4v) is 0.741. The lowest BCUT2D eigenvalue weighted by Crippen LogP contribution is -2.27. The predicted molar refractivity (Wildman–Crippen MR) is 46.6 cm³/mol. The van der Waals surface area contributed by atoms with E-state index < -0.39 is 0 Å². The van der Waals surface area contributed by atoms with Crippen molar-refractivity contribution in [1.82, 2.24) is 5.32 Å². The summed E-state index contributed by atoms with van der Waals surface area (Å²) < 4.78 is 5.11. The Morgan fingerprint density at radius 3 is 3.08 bits per heavy atom. The fourth-order valence-electron chi connectivity index (χ4n) is 0.644. The molecule has 0 aliphatic carbocycles. The molecule has 1 rings (SSSR count). The summed E-state index contributed by atoms with van der Waals surface area (Å²) in [5.41, 5.74) is 0. The van der Waals surface area contributed by atoms with E-state index in [1.54, 1.807) is 0 Å². The second kappa shape index (κ2) is 4.21. The molecule has 0 aromatic heterocycles. The number of halogens is 1. The first-order chi connectivity index (χ1) is 5.74. The van der Waals surface area contributed by atoms with E-state index in [9.17, 15) is 0 Å². The third-order valence-corrected chi connectivity index (χ3v) is 1.46. The molecular weight excluding hydrogens is 180 g/mol. The van der Waals surface area contributed by atoms with Gasteiger partial charge in [-0.1, -0.05) is 18.5 Å². The lowest BCUT2D eigenvalue weighted by Gasteiger charge is -2.13. The molecule has 1 heterocycles. The molecule has 0 unspecified atom stereocenters. The first kappa shape index (κ1) is 9.19. The second-order valence-electron chi connectivity index (χ2n) is 2.23. The standard InChI is InChI=1S/C7H10ClN2O2/c1-2-3-12-7-9-4-5(8)6(11)10-7/h4,11H,2-3H2,1H3,(H,9,10). The Bertz CT molecular complexity index is 225. The van der Waals surface area contributed by atoms with E-state index in [1.807, 2.05) is 6.92 Å². The Labute approximate surface area is 75.9 Å². The molecule has 0 spiro atoms. The van der Waals surface area contributed by atoms with E-state index in [0.717, 1.165) is 6.42 Å². The Hall–Kier alpha value is -0.900. The zero-order valence-electron chi connectivity index (χ0n) is 6.67. The van der Waals surface area contributed by atoms with Crippen LogP contribution in [-0.4, -0.2) is 17.7 Å². The summed E-state index contributed by atoms with van der Waals surface area (Å²) in [7, 11) is 0. The summed E-state index contributed by atoms with van der Waals surface area (Å²) in [4.78, 5) is 3.66. The van der Waals surface area contributed by atoms with Gasteiger partial charge in [-0.15, -0.1) is 0 Å². The molecule has 0 saturated heterocycles. The van der Waals surface area contributed by atoms with Gasteiger partial charge in [-0.3, -0.25) is 0 Å². The van der Waals surface area contributed by atoms with Crippen LogP contribution in [0.2, 0.25) is 0 Å². The highest BCUT2D eigenvalue weighted by Gasteiger charge is 2.12. The number of hydrogen-bond acceptors (Lipinski definition) is 4. The number of aliphatic hydroxyl groups excluding tert-OH is 1. The molecule has 0 atom stereocenters. The molecule has 12 heavy (non-hydrogen) atoms. The van der Waals surface area contributed by atoms with Crippen molar-refractivity contribution < 1.29 is 9.84 Å². The minimum absolute atomic E-state index is 0.179. The van der Waals surface area contributed by atoms with Gasteiger partial charge >= 0.3 is 0 Å². The summed E-state index contributed by atoms with van der Waals surface area (Å²) in [6.45, 7) is 3.97. The third kappa shape index (κ3) is 2.30. The Morgan fingerprint density at radius 2 is 2.50 bits per heavy atom. The van der Waals surface area contributed by atoms with E-state index >= 15 is 0 Å². The Kier molecular flexibility index (Phi) is 3.22. The minimum atomic E-state index is -0.221. The summed E-state index contributed by atoms with van der Waals surface area (Å²) in [5, 5.41) is 11.9. The van der Waals surface area contributed by atoms with Gasteiger partial charge in [0.2, 0.25) is 5.88 Å². The van der Waals surface area contributed by atoms with Gasteiger partial charge in [0, 0.05) is 0 Å². The first-order valence-electron chi connectivity index (χ1n) is 3.64. The van der Waals surface area contributed by atoms with Crippen molar-refractivity contribution in [3.8, 4) is 0 Å². The SMILES string of the molecule is CCCOC1=NC(O)=C(Cl)[CH]N1. The summed E-state index contributed by atoms with van der Waals surface area (Å²) >= 11 is 5.52. The largest absolute Gasteiger partial charge is 0.492 e. The predicted octanol–water partition coefficient (Wildman–Crippen LogP) is 1.50. The number of aliphatic imine (C=N–C) groups is 1. The highest BCUT2D eigenvalue weighted by molar-refractivity contribution is 6.31. The molecule has 0 saturated carbocycles. The number of rotatable bonds is 2. The number of aliphatic hydroxyl groups is 1. The van der Waals surface area contributed by atoms with Gasteiger partial charge in [0.15, 0.2) is 0 Å². The van der Waals surface area contributed by atoms with Crippen LogP contribution >= 0.6 is 11.6 Å². The summed E-state index contributed by atoms with van der Waals surface area (Å²) in [5.74, 6) is -0.221. The van der Waals surface area contributed by atoms with Crippen LogP contribution in [0.4, 0.5) is 0 Å². The monoisotopic (exact) mass is 189 g/mol. The zero-order valence-corrected chi connectivity index (χ0v) is 7.43. The smallest absolute Gasteiger partial charge is 0.293 e. The van der Waals surface area contributed by atoms with Gasteiger partial charge in [-0.25, -0.2) is 0 Å². The summed E-state index contributed by atoms with van der Waals surface area (Å²) in [6.07, 6.45) is 0.888. The highest BCUT2D eigenvalue weighted by Crippen LogP contribution is 2.13. The molecule has 67 valence electrons. The maximum Gasteiger partial charge on any atom is 0.293 e. The molecule has 1 aliphatic heterocycles. The maximum atomic E-state index is 9.06. The number of nitrogens with one attached hydrogen (secondary N) is 1. The van der Waals surface area contributed by atoms with Crippen LogP contribution in [0.1, 0.15) is 13.3 Å². The zero-order chi connectivity index (χ0) is 8.97. The lowest BCUT2D eigenvalue weighted by molar-refractivity contribution is 0.284. The van der Waals surface area contributed by atoms with Crippen LogP contribution in [0.3, 0.4) is 0 Å². The second-order valence-corrected chi connectivity index (χ2v) is 2.63. The molecule has 5 heteroatoms. The van der Waals surface area contributed by atoms with Gasteiger partial charge in [0.05, 0.1) is 13.2 Å². The average molecular weight is 190 g/mol. The van der Waals surface area contributed by atoms with Crippen molar-refractivity contribution in [2.75, 3.05) is 6.61 Å². The first-order valence-corrected chi connectivity index (χ1v) is 4.02. The van der Waals surface area contributed by atoms with Gasteiger partial charge in [0.25, 0.3) is 6.02 Å². The van der Waals surface area contributed by atoms with Gasteiger partial charge in [-0.05, 0) is 6.42 Å². The molecule has 0 amide bonds. The maximum absolute atomic E-state index is 9.06. The van der Waals surface area contributed by atoms with Gasteiger partial charge < -0.3 is 15.2 Å². The molecule has 0 aromatic carbocycles. The van der Waals surface area contributed by atoms with Crippen molar-refractivity contribution >= 4 is 17.6 Å². The van der Waals surface area contributed by atoms with Crippen LogP contribution in [0.5, 0.6) is 0 Å². The number of hydrogen-bond donors (Lipinski definition) is 2. The quantitative estimate of drug-likeness (QED) is 0.692. The van der Waals surface area contributed by atoms with Crippen LogP contribution in [0.15, 0.2) is 15.9 Å². The molecule has 0 bridgehead atoms. The fraction of sp³-hybridized carbons (Fsp3) is 0.429. The minimum Gasteiger partial charge on any atom is -0.492 e. The average Bonchev–Trinajstić information content (AvgIpc) is 2.07. The van der Waals surface area contributed by atoms with Crippen LogP contribution < -0.4 is 5.32 Å². The number of amidine groups is 1. The summed E-state index contributed by atoms with van der Waals surface area (Å²) in [6, 6.07) is 0.277. The van der Waals surface area contributed by atoms with Crippen molar-refractivity contribution in [3.63, 3.8) is 0 Å².